The lowest BCUT2D eigenvalue weighted by atomic mass is 10.3. The molecule has 0 amide bonds. The fourth-order valence-electron chi connectivity index (χ4n) is 2.74. The number of nitrogens with one attached hydrogen (secondary N) is 1. The molecule has 1 fully saturated rings. The summed E-state index contributed by atoms with van der Waals surface area (Å²) in [6.45, 7) is 4.38. The van der Waals surface area contributed by atoms with Crippen LogP contribution >= 0.6 is 0 Å². The van der Waals surface area contributed by atoms with Crippen molar-refractivity contribution in [3.05, 3.63) is 11.9 Å². The van der Waals surface area contributed by atoms with Crippen LogP contribution in [0.3, 0.4) is 0 Å². The predicted octanol–water partition coefficient (Wildman–Crippen LogP) is 2.78. The van der Waals surface area contributed by atoms with Gasteiger partial charge in [-0.1, -0.05) is 32.6 Å². The second kappa shape index (κ2) is 6.72. The van der Waals surface area contributed by atoms with Crippen LogP contribution in [-0.2, 0) is 10.0 Å². The Hall–Kier alpha value is -0.880. The van der Waals surface area contributed by atoms with Gasteiger partial charge in [-0.25, -0.2) is 13.1 Å². The predicted molar refractivity (Wildman–Crippen MR) is 79.2 cm³/mol. The molecule has 1 aromatic heterocycles. The highest BCUT2D eigenvalue weighted by atomic mass is 32.2. The molecule has 0 radical (unpaired) electrons. The Balaban J connectivity index is 2.06. The Labute approximate surface area is 121 Å². The maximum absolute atomic E-state index is 12.3. The Morgan fingerprint density at radius 2 is 2.05 bits per heavy atom. The lowest BCUT2D eigenvalue weighted by molar-refractivity contribution is 0.464. The molecule has 5 nitrogen and oxygen atoms in total. The van der Waals surface area contributed by atoms with Gasteiger partial charge in [0, 0.05) is 12.7 Å². The number of aryl methyl sites for hydroxylation is 1. The summed E-state index contributed by atoms with van der Waals surface area (Å²) >= 11 is 0. The Bertz CT molecular complexity index is 531. The van der Waals surface area contributed by atoms with Gasteiger partial charge < -0.3 is 0 Å². The van der Waals surface area contributed by atoms with Crippen LogP contribution in [0.2, 0.25) is 0 Å². The Morgan fingerprint density at radius 1 is 1.35 bits per heavy atom. The quantitative estimate of drug-likeness (QED) is 0.787. The monoisotopic (exact) mass is 299 g/mol. The average Bonchev–Trinajstić information content (AvgIpc) is 3.03. The van der Waals surface area contributed by atoms with E-state index in [1.165, 1.54) is 12.8 Å². The van der Waals surface area contributed by atoms with Crippen LogP contribution in [0.1, 0.15) is 63.6 Å². The van der Waals surface area contributed by atoms with Crippen molar-refractivity contribution in [1.29, 1.82) is 0 Å². The van der Waals surface area contributed by atoms with E-state index in [1.54, 1.807) is 13.1 Å². The number of unbranched alkanes of at least 4 members (excludes halogenated alkanes) is 2. The number of sulfonamides is 1. The third kappa shape index (κ3) is 3.61. The van der Waals surface area contributed by atoms with E-state index in [0.29, 0.717) is 23.2 Å². The minimum atomic E-state index is -3.41. The molecule has 1 heterocycles. The molecule has 114 valence electrons. The van der Waals surface area contributed by atoms with Gasteiger partial charge in [-0.2, -0.15) is 5.10 Å². The molecule has 1 aliphatic rings. The standard InChI is InChI=1S/C14H25N3O2S/c1-3-4-7-10-15-20(18,19)14-11-17(16-12(14)2)13-8-5-6-9-13/h11,13,15H,3-10H2,1-2H3. The molecule has 1 aromatic rings. The van der Waals surface area contributed by atoms with Crippen molar-refractivity contribution >= 4 is 10.0 Å². The zero-order valence-electron chi connectivity index (χ0n) is 12.4. The summed E-state index contributed by atoms with van der Waals surface area (Å²) in [5.74, 6) is 0. The molecule has 0 saturated heterocycles. The molecule has 20 heavy (non-hydrogen) atoms. The average molecular weight is 299 g/mol. The third-order valence-corrected chi connectivity index (χ3v) is 5.50. The summed E-state index contributed by atoms with van der Waals surface area (Å²) in [7, 11) is -3.41. The molecule has 0 atom stereocenters. The molecule has 0 aromatic carbocycles. The molecular formula is C14H25N3O2S. The zero-order chi connectivity index (χ0) is 14.6. The second-order valence-corrected chi connectivity index (χ2v) is 7.34. The van der Waals surface area contributed by atoms with Crippen LogP contribution in [0.15, 0.2) is 11.1 Å². The van der Waals surface area contributed by atoms with Crippen molar-refractivity contribution in [3.63, 3.8) is 0 Å². The van der Waals surface area contributed by atoms with Crippen molar-refractivity contribution in [1.82, 2.24) is 14.5 Å². The molecule has 0 unspecified atom stereocenters. The van der Waals surface area contributed by atoms with Gasteiger partial charge in [0.25, 0.3) is 0 Å². The van der Waals surface area contributed by atoms with E-state index in [1.807, 2.05) is 4.68 Å². The van der Waals surface area contributed by atoms with Gasteiger partial charge in [-0.15, -0.1) is 0 Å². The van der Waals surface area contributed by atoms with Crippen molar-refractivity contribution in [2.24, 2.45) is 0 Å². The molecular weight excluding hydrogens is 274 g/mol. The Kier molecular flexibility index (Phi) is 5.21. The van der Waals surface area contributed by atoms with Crippen molar-refractivity contribution < 1.29 is 8.42 Å². The van der Waals surface area contributed by atoms with E-state index in [4.69, 9.17) is 0 Å². The van der Waals surface area contributed by atoms with Gasteiger partial charge in [0.1, 0.15) is 4.90 Å². The molecule has 1 N–H and O–H groups in total. The lowest BCUT2D eigenvalue weighted by Crippen LogP contribution is -2.25. The van der Waals surface area contributed by atoms with Crippen molar-refractivity contribution in [2.45, 2.75) is 69.7 Å². The first-order valence-corrected chi connectivity index (χ1v) is 9.08. The van der Waals surface area contributed by atoms with Crippen LogP contribution in [-0.4, -0.2) is 24.7 Å². The van der Waals surface area contributed by atoms with Crippen LogP contribution < -0.4 is 4.72 Å². The molecule has 1 aliphatic carbocycles. The summed E-state index contributed by atoms with van der Waals surface area (Å²) in [5.41, 5.74) is 0.597. The first-order chi connectivity index (χ1) is 9.54. The molecule has 0 spiro atoms. The smallest absolute Gasteiger partial charge is 0.243 e. The van der Waals surface area contributed by atoms with E-state index in [0.717, 1.165) is 32.1 Å². The van der Waals surface area contributed by atoms with Crippen LogP contribution in [0.25, 0.3) is 0 Å². The summed E-state index contributed by atoms with van der Waals surface area (Å²) in [6.07, 6.45) is 9.33. The van der Waals surface area contributed by atoms with Gasteiger partial charge in [0.2, 0.25) is 10.0 Å². The van der Waals surface area contributed by atoms with E-state index in [2.05, 4.69) is 16.7 Å². The largest absolute Gasteiger partial charge is 0.268 e. The summed E-state index contributed by atoms with van der Waals surface area (Å²) in [6, 6.07) is 0.373. The van der Waals surface area contributed by atoms with Gasteiger partial charge in [-0.3, -0.25) is 4.68 Å². The molecule has 6 heteroatoms. The topological polar surface area (TPSA) is 64.0 Å². The van der Waals surface area contributed by atoms with Crippen LogP contribution in [0.5, 0.6) is 0 Å². The van der Waals surface area contributed by atoms with Gasteiger partial charge in [0.15, 0.2) is 0 Å². The summed E-state index contributed by atoms with van der Waals surface area (Å²) < 4.78 is 29.1. The molecule has 2 rings (SSSR count). The first kappa shape index (κ1) is 15.5. The number of aromatic nitrogens is 2. The number of hydrogen-bond acceptors (Lipinski definition) is 3. The van der Waals surface area contributed by atoms with Crippen LogP contribution in [0, 0.1) is 6.92 Å². The first-order valence-electron chi connectivity index (χ1n) is 7.60. The summed E-state index contributed by atoms with van der Waals surface area (Å²) in [4.78, 5) is 0.334. The molecule has 1 saturated carbocycles. The summed E-state index contributed by atoms with van der Waals surface area (Å²) in [5, 5.41) is 4.40. The third-order valence-electron chi connectivity index (χ3n) is 3.93. The normalized spacial score (nSPS) is 16.9. The number of nitrogens with zero attached hydrogens (tertiary/aromatic N) is 2. The van der Waals surface area contributed by atoms with Gasteiger partial charge in [-0.05, 0) is 26.2 Å². The maximum Gasteiger partial charge on any atom is 0.243 e. The minimum Gasteiger partial charge on any atom is -0.268 e. The molecule has 0 aliphatic heterocycles. The highest BCUT2D eigenvalue weighted by Crippen LogP contribution is 2.30. The second-order valence-electron chi connectivity index (χ2n) is 5.60. The van der Waals surface area contributed by atoms with Gasteiger partial charge >= 0.3 is 0 Å². The zero-order valence-corrected chi connectivity index (χ0v) is 13.2. The fraction of sp³-hybridized carbons (Fsp3) is 0.786. The van der Waals surface area contributed by atoms with Crippen molar-refractivity contribution in [2.75, 3.05) is 6.54 Å². The van der Waals surface area contributed by atoms with E-state index in [-0.39, 0.29) is 0 Å². The Morgan fingerprint density at radius 3 is 2.70 bits per heavy atom. The fourth-order valence-corrected chi connectivity index (χ4v) is 3.99. The van der Waals surface area contributed by atoms with Gasteiger partial charge in [0.05, 0.1) is 11.7 Å². The minimum absolute atomic E-state index is 0.334. The van der Waals surface area contributed by atoms with E-state index < -0.39 is 10.0 Å². The molecule has 0 bridgehead atoms. The van der Waals surface area contributed by atoms with E-state index in [9.17, 15) is 8.42 Å². The maximum atomic E-state index is 12.3. The highest BCUT2D eigenvalue weighted by molar-refractivity contribution is 7.89. The number of hydrogen-bond donors (Lipinski definition) is 1. The highest BCUT2D eigenvalue weighted by Gasteiger charge is 2.24. The SMILES string of the molecule is CCCCCNS(=O)(=O)c1cn(C2CCCC2)nc1C. The lowest BCUT2D eigenvalue weighted by Gasteiger charge is -2.08. The van der Waals surface area contributed by atoms with E-state index >= 15 is 0 Å². The van der Waals surface area contributed by atoms with Crippen molar-refractivity contribution in [3.8, 4) is 0 Å². The van der Waals surface area contributed by atoms with Crippen LogP contribution in [0.4, 0.5) is 0 Å². The number of rotatable bonds is 7.